The van der Waals surface area contributed by atoms with Crippen LogP contribution in [0, 0.1) is 11.3 Å². The van der Waals surface area contributed by atoms with Crippen molar-refractivity contribution in [3.05, 3.63) is 30.3 Å². The van der Waals surface area contributed by atoms with Crippen LogP contribution in [-0.4, -0.2) is 57.1 Å². The summed E-state index contributed by atoms with van der Waals surface area (Å²) in [4.78, 5) is 0.0604. The minimum absolute atomic E-state index is 0.0604. The first-order valence-corrected chi connectivity index (χ1v) is 19.7. The van der Waals surface area contributed by atoms with E-state index in [0.29, 0.717) is 6.61 Å². The third-order valence-corrected chi connectivity index (χ3v) is 8.93. The Morgan fingerprint density at radius 3 is 1.45 bits per heavy atom. The molecule has 0 aliphatic carbocycles. The Morgan fingerprint density at radius 2 is 1.10 bits per heavy atom. The standard InChI is InChI=1S/C18H38O3S.C8H7NO3S.C3H8O3S/c1-3-5-6-7-8-9-10-11-12-13-14-15-16-17-18-21-22(19,20)4-2;9-6-7-12-13(10,11)8-4-2-1-3-5-8;1-3-6-7(2,4)5/h3-18H2,1-2H3;1-5H,7H2;3H2,1-2H3. The second-order valence-electron chi connectivity index (χ2n) is 9.56. The maximum atomic E-state index is 11.2. The molecule has 1 aromatic carbocycles. The SMILES string of the molecule is CCCCCCCCCCCCCCCCOS(=O)(=O)CC.CCOS(C)(=O)=O.N#CCOS(=O)(=O)c1ccccc1. The third-order valence-electron chi connectivity index (χ3n) is 5.76. The van der Waals surface area contributed by atoms with Crippen LogP contribution in [0.1, 0.15) is 111 Å². The summed E-state index contributed by atoms with van der Waals surface area (Å²) in [6.45, 7) is 5.62. The molecule has 0 spiro atoms. The number of nitrogens with zero attached hydrogens (tertiary/aromatic N) is 1. The predicted octanol–water partition coefficient (Wildman–Crippen LogP) is 6.73. The molecule has 13 heteroatoms. The highest BCUT2D eigenvalue weighted by Crippen LogP contribution is 2.13. The summed E-state index contributed by atoms with van der Waals surface area (Å²) >= 11 is 0. The van der Waals surface area contributed by atoms with E-state index in [2.05, 4.69) is 15.3 Å². The molecular formula is C29H53NO9S3. The van der Waals surface area contributed by atoms with Gasteiger partial charge in [0.05, 0.1) is 36.2 Å². The van der Waals surface area contributed by atoms with Crippen LogP contribution in [0.5, 0.6) is 0 Å². The van der Waals surface area contributed by atoms with E-state index in [-0.39, 0.29) is 17.3 Å². The zero-order chi connectivity index (χ0) is 32.2. The van der Waals surface area contributed by atoms with Crippen LogP contribution >= 0.6 is 0 Å². The monoisotopic (exact) mass is 655 g/mol. The van der Waals surface area contributed by atoms with Gasteiger partial charge in [-0.1, -0.05) is 109 Å². The highest BCUT2D eigenvalue weighted by atomic mass is 32.2. The minimum Gasteiger partial charge on any atom is -0.271 e. The number of unbranched alkanes of at least 4 members (excludes halogenated alkanes) is 13. The summed E-state index contributed by atoms with van der Waals surface area (Å²) < 4.78 is 78.1. The van der Waals surface area contributed by atoms with Crippen molar-refractivity contribution >= 4 is 30.4 Å². The van der Waals surface area contributed by atoms with Crippen LogP contribution in [0.25, 0.3) is 0 Å². The summed E-state index contributed by atoms with van der Waals surface area (Å²) in [7, 11) is -10.2. The Kier molecular flexibility index (Phi) is 27.4. The normalized spacial score (nSPS) is 11.5. The molecule has 0 aliphatic heterocycles. The van der Waals surface area contributed by atoms with Gasteiger partial charge < -0.3 is 0 Å². The molecule has 246 valence electrons. The largest absolute Gasteiger partial charge is 0.297 e. The van der Waals surface area contributed by atoms with Crippen molar-refractivity contribution in [3.8, 4) is 6.07 Å². The van der Waals surface area contributed by atoms with E-state index in [0.717, 1.165) is 19.1 Å². The van der Waals surface area contributed by atoms with Gasteiger partial charge in [-0.05, 0) is 32.4 Å². The van der Waals surface area contributed by atoms with Gasteiger partial charge in [-0.3, -0.25) is 12.5 Å². The Hall–Kier alpha value is -1.56. The summed E-state index contributed by atoms with van der Waals surface area (Å²) in [5, 5.41) is 8.14. The lowest BCUT2D eigenvalue weighted by atomic mass is 10.0. The number of benzene rings is 1. The molecule has 0 amide bonds. The average molecular weight is 656 g/mol. The van der Waals surface area contributed by atoms with Crippen LogP contribution in [0.15, 0.2) is 35.2 Å². The molecule has 0 heterocycles. The van der Waals surface area contributed by atoms with E-state index in [9.17, 15) is 25.3 Å². The molecule has 42 heavy (non-hydrogen) atoms. The topological polar surface area (TPSA) is 154 Å². The van der Waals surface area contributed by atoms with Crippen molar-refractivity contribution in [2.45, 2.75) is 116 Å². The zero-order valence-electron chi connectivity index (χ0n) is 26.0. The molecule has 0 aliphatic rings. The molecular weight excluding hydrogens is 603 g/mol. The molecule has 10 nitrogen and oxygen atoms in total. The first-order chi connectivity index (χ1) is 19.8. The molecule has 0 saturated carbocycles. The molecule has 1 rings (SSSR count). The fourth-order valence-electron chi connectivity index (χ4n) is 3.54. The van der Waals surface area contributed by atoms with Crippen LogP contribution < -0.4 is 0 Å². The van der Waals surface area contributed by atoms with Gasteiger partial charge in [0.15, 0.2) is 6.61 Å². The summed E-state index contributed by atoms with van der Waals surface area (Å²) in [5.74, 6) is 0.0750. The van der Waals surface area contributed by atoms with Gasteiger partial charge in [-0.15, -0.1) is 0 Å². The lowest BCUT2D eigenvalue weighted by Gasteiger charge is -2.04. The Labute approximate surface area is 256 Å². The smallest absolute Gasteiger partial charge is 0.271 e. The van der Waals surface area contributed by atoms with Crippen LogP contribution in [0.3, 0.4) is 0 Å². The van der Waals surface area contributed by atoms with E-state index in [1.165, 1.54) is 89.2 Å². The van der Waals surface area contributed by atoms with Crippen molar-refractivity contribution in [1.29, 1.82) is 5.26 Å². The van der Waals surface area contributed by atoms with E-state index >= 15 is 0 Å². The summed E-state index contributed by atoms with van der Waals surface area (Å²) in [5.41, 5.74) is 0. The second-order valence-corrected chi connectivity index (χ2v) is 14.8. The van der Waals surface area contributed by atoms with Gasteiger partial charge in [0.1, 0.15) is 0 Å². The van der Waals surface area contributed by atoms with Crippen molar-refractivity contribution in [1.82, 2.24) is 0 Å². The number of nitriles is 1. The van der Waals surface area contributed by atoms with E-state index in [4.69, 9.17) is 9.44 Å². The second kappa shape index (κ2) is 27.0. The molecule has 0 bridgehead atoms. The van der Waals surface area contributed by atoms with Gasteiger partial charge in [-0.2, -0.15) is 30.5 Å². The molecule has 0 unspecified atom stereocenters. The molecule has 1 aromatic rings. The van der Waals surface area contributed by atoms with Crippen molar-refractivity contribution < 1.29 is 37.8 Å². The zero-order valence-corrected chi connectivity index (χ0v) is 28.4. The lowest BCUT2D eigenvalue weighted by molar-refractivity contribution is 0.307. The first-order valence-electron chi connectivity index (χ1n) is 14.9. The van der Waals surface area contributed by atoms with Crippen LogP contribution in [0.2, 0.25) is 0 Å². The Morgan fingerprint density at radius 1 is 0.643 bits per heavy atom. The number of hydrogen-bond donors (Lipinski definition) is 0. The van der Waals surface area contributed by atoms with E-state index < -0.39 is 37.0 Å². The fraction of sp³-hybridized carbons (Fsp3) is 0.759. The van der Waals surface area contributed by atoms with Gasteiger partial charge in [-0.25, -0.2) is 0 Å². The van der Waals surface area contributed by atoms with Gasteiger partial charge in [0.2, 0.25) is 0 Å². The summed E-state index contributed by atoms with van der Waals surface area (Å²) in [6.07, 6.45) is 19.3. The molecule has 0 fully saturated rings. The maximum absolute atomic E-state index is 11.2. The lowest BCUT2D eigenvalue weighted by Crippen LogP contribution is -2.09. The van der Waals surface area contributed by atoms with Crippen molar-refractivity contribution in [2.75, 3.05) is 31.8 Å². The van der Waals surface area contributed by atoms with Gasteiger partial charge in [0, 0.05) is 0 Å². The third kappa shape index (κ3) is 29.9. The molecule has 0 N–H and O–H groups in total. The quantitative estimate of drug-likeness (QED) is 0.0970. The summed E-state index contributed by atoms with van der Waals surface area (Å²) in [6, 6.07) is 9.28. The molecule has 0 aromatic heterocycles. The number of hydrogen-bond acceptors (Lipinski definition) is 10. The van der Waals surface area contributed by atoms with Gasteiger partial charge in [0.25, 0.3) is 30.4 Å². The van der Waals surface area contributed by atoms with Crippen LogP contribution in [0.4, 0.5) is 0 Å². The maximum Gasteiger partial charge on any atom is 0.297 e. The minimum atomic E-state index is -3.74. The van der Waals surface area contributed by atoms with Gasteiger partial charge >= 0.3 is 0 Å². The Bertz CT molecular complexity index is 1120. The van der Waals surface area contributed by atoms with E-state index in [1.54, 1.807) is 38.1 Å². The molecule has 0 atom stereocenters. The Balaban J connectivity index is 0. The van der Waals surface area contributed by atoms with Crippen molar-refractivity contribution in [3.63, 3.8) is 0 Å². The highest BCUT2D eigenvalue weighted by Gasteiger charge is 2.13. The first kappa shape index (κ1) is 42.6. The van der Waals surface area contributed by atoms with Crippen LogP contribution in [-0.2, 0) is 42.9 Å². The van der Waals surface area contributed by atoms with Crippen molar-refractivity contribution in [2.24, 2.45) is 0 Å². The predicted molar refractivity (Wildman–Crippen MR) is 167 cm³/mol. The highest BCUT2D eigenvalue weighted by molar-refractivity contribution is 7.87. The fourth-order valence-corrected chi connectivity index (χ4v) is 5.34. The molecule has 0 radical (unpaired) electrons. The molecule has 0 saturated heterocycles. The average Bonchev–Trinajstić information content (AvgIpc) is 2.94. The van der Waals surface area contributed by atoms with E-state index in [1.807, 2.05) is 0 Å². The number of rotatable bonds is 22.